The van der Waals surface area contributed by atoms with Gasteiger partial charge in [-0.1, -0.05) is 37.6 Å². The largest absolute Gasteiger partial charge is 0.395 e. The second kappa shape index (κ2) is 9.20. The van der Waals surface area contributed by atoms with Crippen LogP contribution in [0.25, 0.3) is 11.0 Å². The summed E-state index contributed by atoms with van der Waals surface area (Å²) in [5, 5.41) is 13.6. The fourth-order valence-corrected chi connectivity index (χ4v) is 3.67. The average Bonchev–Trinajstić information content (AvgIpc) is 3.25. The Hall–Kier alpha value is -3.82. The topological polar surface area (TPSA) is 147 Å². The number of nitrogens with zero attached hydrogens (tertiary/aromatic N) is 3. The molecule has 1 amide bonds. The molecule has 4 aromatic rings. The first-order valence-corrected chi connectivity index (χ1v) is 10.9. The number of rotatable bonds is 7. The van der Waals surface area contributed by atoms with Gasteiger partial charge in [-0.05, 0) is 35.4 Å². The van der Waals surface area contributed by atoms with Crippen molar-refractivity contribution < 1.29 is 14.7 Å². The van der Waals surface area contributed by atoms with Crippen molar-refractivity contribution in [2.24, 2.45) is 0 Å². The van der Waals surface area contributed by atoms with E-state index in [0.29, 0.717) is 27.4 Å². The number of nitrogens with two attached hydrogens (primary N) is 1. The Morgan fingerprint density at radius 2 is 1.88 bits per heavy atom. The number of halogens is 1. The number of benzene rings is 1. The number of fused-ring (bicyclic) bond motifs is 1. The van der Waals surface area contributed by atoms with E-state index >= 15 is 0 Å². The van der Waals surface area contributed by atoms with Crippen molar-refractivity contribution in [1.82, 2.24) is 19.9 Å². The third-order valence-electron chi connectivity index (χ3n) is 5.46. The van der Waals surface area contributed by atoms with E-state index in [9.17, 15) is 14.7 Å². The molecule has 10 heteroatoms. The minimum absolute atomic E-state index is 0.0508. The van der Waals surface area contributed by atoms with E-state index in [0.717, 1.165) is 5.56 Å². The van der Waals surface area contributed by atoms with E-state index in [1.807, 2.05) is 13.8 Å². The van der Waals surface area contributed by atoms with Crippen LogP contribution in [0.2, 0.25) is 5.02 Å². The van der Waals surface area contributed by atoms with Gasteiger partial charge >= 0.3 is 0 Å². The number of nitrogen functional groups attached to an aromatic ring is 1. The molecule has 0 aliphatic rings. The number of carbonyl (C=O) groups excluding carboxylic acids is 2. The van der Waals surface area contributed by atoms with Gasteiger partial charge in [0.05, 0.1) is 18.4 Å². The average molecular weight is 479 g/mol. The van der Waals surface area contributed by atoms with Crippen LogP contribution in [0.4, 0.5) is 11.8 Å². The lowest BCUT2D eigenvalue weighted by atomic mass is 9.85. The molecule has 0 bridgehead atoms. The van der Waals surface area contributed by atoms with E-state index in [2.05, 4.69) is 25.3 Å². The summed E-state index contributed by atoms with van der Waals surface area (Å²) < 4.78 is 0. The van der Waals surface area contributed by atoms with E-state index in [-0.39, 0.29) is 36.1 Å². The molecule has 0 aliphatic carbocycles. The lowest BCUT2D eigenvalue weighted by Gasteiger charge is -2.21. The molecule has 34 heavy (non-hydrogen) atoms. The molecule has 1 aromatic carbocycles. The highest BCUT2D eigenvalue weighted by atomic mass is 35.5. The minimum Gasteiger partial charge on any atom is -0.395 e. The minimum atomic E-state index is -0.636. The Bertz CT molecular complexity index is 1360. The Morgan fingerprint density at radius 3 is 2.53 bits per heavy atom. The lowest BCUT2D eigenvalue weighted by Crippen LogP contribution is -2.22. The molecule has 3 aromatic heterocycles. The van der Waals surface area contributed by atoms with Crippen molar-refractivity contribution in [3.05, 3.63) is 76.2 Å². The van der Waals surface area contributed by atoms with Crippen molar-refractivity contribution >= 4 is 46.1 Å². The quantitative estimate of drug-likeness (QED) is 0.298. The van der Waals surface area contributed by atoms with Crippen LogP contribution in [0.5, 0.6) is 0 Å². The van der Waals surface area contributed by atoms with Crippen molar-refractivity contribution in [2.75, 3.05) is 17.7 Å². The molecule has 0 saturated carbocycles. The number of H-pyrrole nitrogens is 1. The van der Waals surface area contributed by atoms with Crippen molar-refractivity contribution in [3.63, 3.8) is 0 Å². The number of anilines is 2. The highest BCUT2D eigenvalue weighted by Crippen LogP contribution is 2.32. The number of carbonyl (C=O) groups is 2. The number of aliphatic hydroxyl groups is 1. The molecular formula is C24H23ClN6O3. The van der Waals surface area contributed by atoms with Crippen molar-refractivity contribution in [1.29, 1.82) is 0 Å². The monoisotopic (exact) mass is 478 g/mol. The number of nitrogens with one attached hydrogen (secondary N) is 2. The summed E-state index contributed by atoms with van der Waals surface area (Å²) in [6.45, 7) is 3.57. The zero-order valence-corrected chi connectivity index (χ0v) is 19.3. The van der Waals surface area contributed by atoms with E-state index in [1.54, 1.807) is 42.6 Å². The standard InChI is InChI=1S/C24H23ClN6O3/c1-24(2,12-32)16-11-28-22-19(16)20(30-23(26)31-22)21(34)14-5-8-17(27-10-14)29-18(33)9-13-3-6-15(25)7-4-13/h3-8,10-11,32H,9,12H2,1-2H3,(H,27,29,33)(H3,26,28,30,31). The Kier molecular flexibility index (Phi) is 6.32. The Labute approximate surface area is 200 Å². The summed E-state index contributed by atoms with van der Waals surface area (Å²) in [4.78, 5) is 41.2. The van der Waals surface area contributed by atoms with Crippen LogP contribution in [-0.4, -0.2) is 43.3 Å². The first kappa shape index (κ1) is 23.3. The first-order valence-electron chi connectivity index (χ1n) is 10.5. The summed E-state index contributed by atoms with van der Waals surface area (Å²) in [6.07, 6.45) is 3.23. The van der Waals surface area contributed by atoms with Gasteiger partial charge in [-0.25, -0.2) is 9.97 Å². The van der Waals surface area contributed by atoms with Gasteiger partial charge < -0.3 is 21.1 Å². The summed E-state index contributed by atoms with van der Waals surface area (Å²) in [5.41, 5.74) is 7.49. The molecular weight excluding hydrogens is 456 g/mol. The van der Waals surface area contributed by atoms with Crippen LogP contribution in [-0.2, 0) is 16.6 Å². The predicted octanol–water partition coefficient (Wildman–Crippen LogP) is 3.27. The summed E-state index contributed by atoms with van der Waals surface area (Å²) in [7, 11) is 0. The fraction of sp³-hybridized carbons (Fsp3) is 0.208. The molecule has 0 aliphatic heterocycles. The molecule has 3 heterocycles. The van der Waals surface area contributed by atoms with Gasteiger partial charge in [-0.2, -0.15) is 4.98 Å². The molecule has 4 rings (SSSR count). The first-order chi connectivity index (χ1) is 16.2. The van der Waals surface area contributed by atoms with Gasteiger partial charge in [0.25, 0.3) is 0 Å². The van der Waals surface area contributed by atoms with Gasteiger partial charge in [0.15, 0.2) is 0 Å². The SMILES string of the molecule is CC(C)(CO)c1c[nH]c2nc(N)nc(C(=O)c3ccc(NC(=O)Cc4ccc(Cl)cc4)nc3)c12. The van der Waals surface area contributed by atoms with Crippen LogP contribution < -0.4 is 11.1 Å². The molecule has 0 saturated heterocycles. The Balaban J connectivity index is 1.57. The van der Waals surface area contributed by atoms with Crippen LogP contribution in [0.15, 0.2) is 48.8 Å². The van der Waals surface area contributed by atoms with Crippen LogP contribution in [0.1, 0.15) is 41.0 Å². The highest BCUT2D eigenvalue weighted by Gasteiger charge is 2.28. The maximum atomic E-state index is 13.3. The molecule has 0 fully saturated rings. The van der Waals surface area contributed by atoms with Crippen molar-refractivity contribution in [3.8, 4) is 0 Å². The zero-order chi connectivity index (χ0) is 24.5. The number of hydrogen-bond acceptors (Lipinski definition) is 7. The van der Waals surface area contributed by atoms with E-state index < -0.39 is 11.2 Å². The third-order valence-corrected chi connectivity index (χ3v) is 5.71. The van der Waals surface area contributed by atoms with Gasteiger partial charge in [0.2, 0.25) is 17.6 Å². The fourth-order valence-electron chi connectivity index (χ4n) is 3.55. The van der Waals surface area contributed by atoms with Crippen LogP contribution >= 0.6 is 11.6 Å². The normalized spacial score (nSPS) is 11.5. The van der Waals surface area contributed by atoms with Gasteiger partial charge in [0.1, 0.15) is 17.2 Å². The molecule has 9 nitrogen and oxygen atoms in total. The van der Waals surface area contributed by atoms with Crippen molar-refractivity contribution in [2.45, 2.75) is 25.7 Å². The highest BCUT2D eigenvalue weighted by molar-refractivity contribution is 6.30. The number of aromatic nitrogens is 4. The summed E-state index contributed by atoms with van der Waals surface area (Å²) in [5.74, 6) is -0.390. The number of aliphatic hydroxyl groups excluding tert-OH is 1. The second-order valence-electron chi connectivity index (χ2n) is 8.51. The number of ketones is 1. The lowest BCUT2D eigenvalue weighted by molar-refractivity contribution is -0.115. The second-order valence-corrected chi connectivity index (χ2v) is 8.95. The van der Waals surface area contributed by atoms with E-state index in [1.165, 1.54) is 6.20 Å². The molecule has 0 radical (unpaired) electrons. The van der Waals surface area contributed by atoms with Gasteiger partial charge in [0, 0.05) is 28.4 Å². The maximum Gasteiger partial charge on any atom is 0.229 e. The smallest absolute Gasteiger partial charge is 0.229 e. The summed E-state index contributed by atoms with van der Waals surface area (Å²) in [6, 6.07) is 10.1. The molecule has 0 unspecified atom stereocenters. The third kappa shape index (κ3) is 4.75. The van der Waals surface area contributed by atoms with Gasteiger partial charge in [-0.3, -0.25) is 9.59 Å². The Morgan fingerprint density at radius 1 is 1.15 bits per heavy atom. The van der Waals surface area contributed by atoms with Crippen LogP contribution in [0, 0.1) is 0 Å². The molecule has 174 valence electrons. The molecule has 0 spiro atoms. The number of hydrogen-bond donors (Lipinski definition) is 4. The van der Waals surface area contributed by atoms with E-state index in [4.69, 9.17) is 17.3 Å². The predicted molar refractivity (Wildman–Crippen MR) is 130 cm³/mol. The molecule has 0 atom stereocenters. The number of aromatic amines is 1. The zero-order valence-electron chi connectivity index (χ0n) is 18.6. The number of pyridine rings is 1. The molecule has 5 N–H and O–H groups in total. The summed E-state index contributed by atoms with van der Waals surface area (Å²) >= 11 is 5.87. The van der Waals surface area contributed by atoms with Gasteiger partial charge in [-0.15, -0.1) is 0 Å². The maximum absolute atomic E-state index is 13.3. The number of amides is 1. The van der Waals surface area contributed by atoms with Crippen LogP contribution in [0.3, 0.4) is 0 Å².